The molecule has 5 heteroatoms. The summed E-state index contributed by atoms with van der Waals surface area (Å²) in [5, 5.41) is 4.40. The van der Waals surface area contributed by atoms with E-state index in [0.717, 1.165) is 30.7 Å². The lowest BCUT2D eigenvalue weighted by Gasteiger charge is -2.38. The molecule has 0 spiro atoms. The molecule has 5 nitrogen and oxygen atoms in total. The van der Waals surface area contributed by atoms with E-state index in [4.69, 9.17) is 0 Å². The van der Waals surface area contributed by atoms with Gasteiger partial charge >= 0.3 is 0 Å². The molecule has 2 aliphatic rings. The Hall–Kier alpha value is -2.53. The Bertz CT molecular complexity index is 966. The van der Waals surface area contributed by atoms with Gasteiger partial charge in [0.1, 0.15) is 0 Å². The van der Waals surface area contributed by atoms with Crippen molar-refractivity contribution >= 4 is 11.4 Å². The first kappa shape index (κ1) is 16.6. The van der Waals surface area contributed by atoms with Crippen molar-refractivity contribution < 1.29 is 4.79 Å². The summed E-state index contributed by atoms with van der Waals surface area (Å²) in [6.07, 6.45) is 7.89. The molecule has 0 radical (unpaired) electrons. The molecular formula is C22H24N4O. The first-order valence-electron chi connectivity index (χ1n) is 9.83. The minimum Gasteiger partial charge on any atom is -0.294 e. The second kappa shape index (κ2) is 6.57. The van der Waals surface area contributed by atoms with E-state index in [-0.39, 0.29) is 11.7 Å². The molecule has 0 aliphatic carbocycles. The Kier molecular flexibility index (Phi) is 4.05. The molecule has 27 heavy (non-hydrogen) atoms. The number of carbonyl (C=O) groups is 1. The smallest absolute Gasteiger partial charge is 0.169 e. The highest BCUT2D eigenvalue weighted by atomic mass is 16.1. The van der Waals surface area contributed by atoms with Gasteiger partial charge < -0.3 is 0 Å². The molecule has 2 fully saturated rings. The van der Waals surface area contributed by atoms with Crippen LogP contribution in [0.2, 0.25) is 0 Å². The maximum atomic E-state index is 13.1. The van der Waals surface area contributed by atoms with Gasteiger partial charge in [0, 0.05) is 43.0 Å². The van der Waals surface area contributed by atoms with Crippen molar-refractivity contribution in [3.63, 3.8) is 0 Å². The van der Waals surface area contributed by atoms with Crippen LogP contribution < -0.4 is 0 Å². The zero-order valence-corrected chi connectivity index (χ0v) is 15.6. The van der Waals surface area contributed by atoms with Crippen LogP contribution in [0, 0.1) is 12.8 Å². The molecular weight excluding hydrogens is 336 g/mol. The standard InChI is InChI=1S/C22H24N4O/c1-15-9-21-23-12-18(14-26(21)24-15)22(27)17-10-19-7-8-20(11-17)25(19)13-16-5-3-2-4-6-16/h2-6,9,12,14,17,19-20H,7-8,10-11,13H2,1H3. The highest BCUT2D eigenvalue weighted by Gasteiger charge is 2.42. The van der Waals surface area contributed by atoms with E-state index >= 15 is 0 Å². The number of rotatable bonds is 4. The van der Waals surface area contributed by atoms with Gasteiger partial charge in [-0.15, -0.1) is 0 Å². The largest absolute Gasteiger partial charge is 0.294 e. The van der Waals surface area contributed by atoms with Crippen molar-refractivity contribution in [1.82, 2.24) is 19.5 Å². The van der Waals surface area contributed by atoms with Gasteiger partial charge in [-0.05, 0) is 38.2 Å². The van der Waals surface area contributed by atoms with E-state index in [1.54, 1.807) is 10.7 Å². The van der Waals surface area contributed by atoms with Crippen LogP contribution in [-0.4, -0.2) is 37.4 Å². The maximum absolute atomic E-state index is 13.1. The third kappa shape index (κ3) is 3.06. The first-order valence-corrected chi connectivity index (χ1v) is 9.83. The molecule has 0 saturated carbocycles. The molecule has 138 valence electrons. The molecule has 0 N–H and O–H groups in total. The summed E-state index contributed by atoms with van der Waals surface area (Å²) in [6, 6.07) is 13.6. The van der Waals surface area contributed by atoms with Gasteiger partial charge in [0.15, 0.2) is 11.4 Å². The topological polar surface area (TPSA) is 50.5 Å². The van der Waals surface area contributed by atoms with Crippen molar-refractivity contribution in [1.29, 1.82) is 0 Å². The van der Waals surface area contributed by atoms with Crippen LogP contribution >= 0.6 is 0 Å². The molecule has 2 aliphatic heterocycles. The Labute approximate surface area is 159 Å². The fourth-order valence-corrected chi connectivity index (χ4v) is 4.90. The number of fused-ring (bicyclic) bond motifs is 3. The Morgan fingerprint density at radius 1 is 1.15 bits per heavy atom. The highest BCUT2D eigenvalue weighted by molar-refractivity contribution is 5.97. The number of hydrogen-bond acceptors (Lipinski definition) is 4. The van der Waals surface area contributed by atoms with Crippen molar-refractivity contribution in [2.75, 3.05) is 0 Å². The summed E-state index contributed by atoms with van der Waals surface area (Å²) in [7, 11) is 0. The van der Waals surface area contributed by atoms with Crippen LogP contribution in [0.1, 0.15) is 47.3 Å². The number of piperidine rings is 1. The van der Waals surface area contributed by atoms with E-state index in [1.165, 1.54) is 18.4 Å². The van der Waals surface area contributed by atoms with Gasteiger partial charge in [-0.25, -0.2) is 9.50 Å². The fraction of sp³-hybridized carbons (Fsp3) is 0.409. The lowest BCUT2D eigenvalue weighted by atomic mass is 9.85. The summed E-state index contributed by atoms with van der Waals surface area (Å²) in [6.45, 7) is 2.94. The minimum absolute atomic E-state index is 0.102. The number of hydrogen-bond donors (Lipinski definition) is 0. The van der Waals surface area contributed by atoms with Crippen molar-refractivity contribution in [2.24, 2.45) is 5.92 Å². The highest BCUT2D eigenvalue weighted by Crippen LogP contribution is 2.40. The van der Waals surface area contributed by atoms with Crippen LogP contribution in [0.5, 0.6) is 0 Å². The molecule has 2 unspecified atom stereocenters. The van der Waals surface area contributed by atoms with Gasteiger partial charge in [-0.3, -0.25) is 9.69 Å². The Balaban J connectivity index is 1.33. The van der Waals surface area contributed by atoms with Crippen LogP contribution in [0.25, 0.3) is 5.65 Å². The van der Waals surface area contributed by atoms with E-state index in [2.05, 4.69) is 45.3 Å². The quantitative estimate of drug-likeness (QED) is 0.666. The molecule has 2 saturated heterocycles. The molecule has 1 aromatic carbocycles. The molecule has 0 amide bonds. The van der Waals surface area contributed by atoms with E-state index in [9.17, 15) is 4.79 Å². The second-order valence-electron chi connectivity index (χ2n) is 8.01. The third-order valence-electron chi connectivity index (χ3n) is 6.18. The first-order chi connectivity index (χ1) is 13.2. The van der Waals surface area contributed by atoms with E-state index in [1.807, 2.05) is 19.2 Å². The number of benzene rings is 1. The lowest BCUT2D eigenvalue weighted by molar-refractivity contribution is 0.0677. The Morgan fingerprint density at radius 2 is 1.89 bits per heavy atom. The summed E-state index contributed by atoms with van der Waals surface area (Å²) in [5.74, 6) is 0.333. The number of aryl methyl sites for hydroxylation is 1. The van der Waals surface area contributed by atoms with E-state index < -0.39 is 0 Å². The predicted octanol–water partition coefficient (Wildman–Crippen LogP) is 3.66. The SMILES string of the molecule is Cc1cc2ncc(C(=O)C3CC4CCC(C3)N4Cc3ccccc3)cn2n1. The summed E-state index contributed by atoms with van der Waals surface area (Å²) in [4.78, 5) is 20.2. The fourth-order valence-electron chi connectivity index (χ4n) is 4.90. The monoisotopic (exact) mass is 360 g/mol. The normalized spacial score (nSPS) is 25.1. The summed E-state index contributed by atoms with van der Waals surface area (Å²) < 4.78 is 1.72. The lowest BCUT2D eigenvalue weighted by Crippen LogP contribution is -2.44. The second-order valence-corrected chi connectivity index (χ2v) is 8.01. The molecule has 2 bridgehead atoms. The number of Topliss-reactive ketones (excluding diaryl/α,β-unsaturated/α-hetero) is 1. The van der Waals surface area contributed by atoms with Gasteiger partial charge in [0.25, 0.3) is 0 Å². The van der Waals surface area contributed by atoms with Crippen molar-refractivity contribution in [3.8, 4) is 0 Å². The van der Waals surface area contributed by atoms with E-state index in [0.29, 0.717) is 17.6 Å². The molecule has 4 heterocycles. The summed E-state index contributed by atoms with van der Waals surface area (Å²) >= 11 is 0. The van der Waals surface area contributed by atoms with Gasteiger partial charge in [-0.2, -0.15) is 5.10 Å². The zero-order valence-electron chi connectivity index (χ0n) is 15.6. The molecule has 2 aromatic heterocycles. The van der Waals surface area contributed by atoms with Crippen molar-refractivity contribution in [2.45, 2.75) is 51.2 Å². The molecule has 2 atom stereocenters. The van der Waals surface area contributed by atoms with Crippen LogP contribution in [0.15, 0.2) is 48.8 Å². The average molecular weight is 360 g/mol. The maximum Gasteiger partial charge on any atom is 0.169 e. The number of carbonyl (C=O) groups excluding carboxylic acids is 1. The third-order valence-corrected chi connectivity index (χ3v) is 6.18. The van der Waals surface area contributed by atoms with Crippen molar-refractivity contribution in [3.05, 3.63) is 65.6 Å². The van der Waals surface area contributed by atoms with Crippen LogP contribution in [0.3, 0.4) is 0 Å². The molecule has 3 aromatic rings. The number of aromatic nitrogens is 3. The van der Waals surface area contributed by atoms with Gasteiger partial charge in [0.2, 0.25) is 0 Å². The average Bonchev–Trinajstić information content (AvgIpc) is 3.15. The summed E-state index contributed by atoms with van der Waals surface area (Å²) in [5.41, 5.74) is 3.76. The molecule has 5 rings (SSSR count). The van der Waals surface area contributed by atoms with Gasteiger partial charge in [0.05, 0.1) is 11.3 Å². The Morgan fingerprint density at radius 3 is 2.63 bits per heavy atom. The number of ketones is 1. The van der Waals surface area contributed by atoms with Crippen LogP contribution in [0.4, 0.5) is 0 Å². The van der Waals surface area contributed by atoms with Crippen LogP contribution in [-0.2, 0) is 6.54 Å². The minimum atomic E-state index is 0.102. The van der Waals surface area contributed by atoms with Gasteiger partial charge in [-0.1, -0.05) is 30.3 Å². The number of nitrogens with zero attached hydrogens (tertiary/aromatic N) is 4. The predicted molar refractivity (Wildman–Crippen MR) is 104 cm³/mol. The zero-order chi connectivity index (χ0) is 18.4.